The Bertz CT molecular complexity index is 561. The number of aryl methyl sites for hydroxylation is 1. The van der Waals surface area contributed by atoms with E-state index >= 15 is 0 Å². The number of nitrogens with zero attached hydrogens (tertiary/aromatic N) is 1. The largest absolute Gasteiger partial charge is 0.462 e. The van der Waals surface area contributed by atoms with Crippen LogP contribution in [0.2, 0.25) is 0 Å². The average Bonchev–Trinajstić information content (AvgIpc) is 2.83. The van der Waals surface area contributed by atoms with E-state index in [4.69, 9.17) is 4.74 Å². The van der Waals surface area contributed by atoms with Crippen LogP contribution in [0.3, 0.4) is 0 Å². The fourth-order valence-electron chi connectivity index (χ4n) is 1.84. The Hall–Kier alpha value is -2.23. The average molecular weight is 258 g/mol. The number of benzene rings is 1. The van der Waals surface area contributed by atoms with Gasteiger partial charge in [0.1, 0.15) is 0 Å². The summed E-state index contributed by atoms with van der Waals surface area (Å²) in [6.07, 6.45) is 4.06. The lowest BCUT2D eigenvalue weighted by atomic mass is 10.2. The van der Waals surface area contributed by atoms with E-state index in [0.29, 0.717) is 12.2 Å². The van der Waals surface area contributed by atoms with Crippen LogP contribution in [0.5, 0.6) is 0 Å². The Morgan fingerprint density at radius 1 is 1.37 bits per heavy atom. The van der Waals surface area contributed by atoms with Crippen molar-refractivity contribution < 1.29 is 9.53 Å². The molecule has 1 aromatic heterocycles. The number of ether oxygens (including phenoxy) is 1. The van der Waals surface area contributed by atoms with Crippen LogP contribution in [-0.2, 0) is 18.3 Å². The van der Waals surface area contributed by atoms with E-state index in [-0.39, 0.29) is 5.97 Å². The predicted octanol–water partition coefficient (Wildman–Crippen LogP) is 2.81. The van der Waals surface area contributed by atoms with Gasteiger partial charge in [0.2, 0.25) is 0 Å². The van der Waals surface area contributed by atoms with E-state index in [1.54, 1.807) is 19.1 Å². The first-order chi connectivity index (χ1) is 9.19. The first-order valence-electron chi connectivity index (χ1n) is 6.31. The van der Waals surface area contributed by atoms with Crippen LogP contribution in [0, 0.1) is 0 Å². The van der Waals surface area contributed by atoms with Crippen LogP contribution in [0.25, 0.3) is 0 Å². The highest BCUT2D eigenvalue weighted by Crippen LogP contribution is 2.13. The van der Waals surface area contributed by atoms with Gasteiger partial charge in [-0.05, 0) is 36.8 Å². The second-order valence-corrected chi connectivity index (χ2v) is 4.34. The highest BCUT2D eigenvalue weighted by Gasteiger charge is 2.06. The van der Waals surface area contributed by atoms with Crippen molar-refractivity contribution in [3.05, 3.63) is 53.9 Å². The zero-order chi connectivity index (χ0) is 13.7. The Morgan fingerprint density at radius 3 is 2.89 bits per heavy atom. The third-order valence-corrected chi connectivity index (χ3v) is 2.76. The number of carbonyl (C=O) groups excluding carboxylic acids is 1. The van der Waals surface area contributed by atoms with Gasteiger partial charge >= 0.3 is 5.97 Å². The Kier molecular flexibility index (Phi) is 4.23. The van der Waals surface area contributed by atoms with Crippen molar-refractivity contribution in [3.63, 3.8) is 0 Å². The molecule has 0 aliphatic rings. The lowest BCUT2D eigenvalue weighted by Gasteiger charge is -2.07. The maximum atomic E-state index is 11.6. The molecule has 0 bridgehead atoms. The van der Waals surface area contributed by atoms with E-state index < -0.39 is 0 Å². The number of esters is 1. The first kappa shape index (κ1) is 13.2. The molecular weight excluding hydrogens is 240 g/mol. The van der Waals surface area contributed by atoms with Crippen LogP contribution in [0.4, 0.5) is 5.69 Å². The zero-order valence-electron chi connectivity index (χ0n) is 11.2. The molecule has 0 aliphatic carbocycles. The van der Waals surface area contributed by atoms with Gasteiger partial charge in [0.05, 0.1) is 12.2 Å². The topological polar surface area (TPSA) is 43.3 Å². The molecule has 0 unspecified atom stereocenters. The molecule has 4 nitrogen and oxygen atoms in total. The number of nitrogens with one attached hydrogen (secondary N) is 1. The van der Waals surface area contributed by atoms with Crippen LogP contribution < -0.4 is 5.32 Å². The summed E-state index contributed by atoms with van der Waals surface area (Å²) in [6, 6.07) is 9.40. The van der Waals surface area contributed by atoms with Crippen LogP contribution in [-0.4, -0.2) is 17.1 Å². The van der Waals surface area contributed by atoms with E-state index in [0.717, 1.165) is 12.2 Å². The predicted molar refractivity (Wildman–Crippen MR) is 75.1 cm³/mol. The summed E-state index contributed by atoms with van der Waals surface area (Å²) in [4.78, 5) is 11.6. The van der Waals surface area contributed by atoms with Gasteiger partial charge in [-0.2, -0.15) is 0 Å². The second-order valence-electron chi connectivity index (χ2n) is 4.34. The summed E-state index contributed by atoms with van der Waals surface area (Å²) < 4.78 is 6.98. The Morgan fingerprint density at radius 2 is 2.21 bits per heavy atom. The van der Waals surface area contributed by atoms with Crippen molar-refractivity contribution in [3.8, 4) is 0 Å². The molecule has 0 saturated carbocycles. The standard InChI is InChI=1S/C15H18N2O2/c1-3-19-15(18)13-5-4-6-14(9-13)16-10-12-7-8-17(2)11-12/h4-9,11,16H,3,10H2,1-2H3. The van der Waals surface area contributed by atoms with Crippen molar-refractivity contribution in [1.82, 2.24) is 4.57 Å². The molecule has 2 aromatic rings. The van der Waals surface area contributed by atoms with Gasteiger partial charge in [0, 0.05) is 31.7 Å². The molecule has 0 radical (unpaired) electrons. The molecule has 0 aliphatic heterocycles. The van der Waals surface area contributed by atoms with Gasteiger partial charge in [0.15, 0.2) is 0 Å². The number of aromatic nitrogens is 1. The van der Waals surface area contributed by atoms with Crippen molar-refractivity contribution >= 4 is 11.7 Å². The minimum absolute atomic E-state index is 0.286. The summed E-state index contributed by atoms with van der Waals surface area (Å²) in [5.41, 5.74) is 2.68. The number of rotatable bonds is 5. The smallest absolute Gasteiger partial charge is 0.338 e. The molecule has 0 spiro atoms. The van der Waals surface area contributed by atoms with Gasteiger partial charge in [-0.1, -0.05) is 6.07 Å². The Balaban J connectivity index is 2.00. The lowest BCUT2D eigenvalue weighted by Crippen LogP contribution is -2.05. The van der Waals surface area contributed by atoms with Crippen LogP contribution in [0.15, 0.2) is 42.7 Å². The Labute approximate surface area is 113 Å². The molecule has 2 rings (SSSR count). The summed E-state index contributed by atoms with van der Waals surface area (Å²) in [7, 11) is 1.99. The van der Waals surface area contributed by atoms with E-state index in [1.807, 2.05) is 29.9 Å². The SMILES string of the molecule is CCOC(=O)c1cccc(NCc2ccn(C)c2)c1. The van der Waals surface area contributed by atoms with Gasteiger partial charge < -0.3 is 14.6 Å². The van der Waals surface area contributed by atoms with Crippen LogP contribution >= 0.6 is 0 Å². The van der Waals surface area contributed by atoms with Gasteiger partial charge in [-0.15, -0.1) is 0 Å². The van der Waals surface area contributed by atoms with Crippen molar-refractivity contribution in [2.75, 3.05) is 11.9 Å². The third kappa shape index (κ3) is 3.61. The molecule has 100 valence electrons. The molecule has 0 amide bonds. The summed E-state index contributed by atoms with van der Waals surface area (Å²) in [6.45, 7) is 2.92. The molecule has 4 heteroatoms. The maximum Gasteiger partial charge on any atom is 0.338 e. The van der Waals surface area contributed by atoms with Crippen molar-refractivity contribution in [2.24, 2.45) is 7.05 Å². The zero-order valence-corrected chi connectivity index (χ0v) is 11.2. The minimum atomic E-state index is -0.286. The molecule has 1 N–H and O–H groups in total. The molecule has 19 heavy (non-hydrogen) atoms. The minimum Gasteiger partial charge on any atom is -0.462 e. The monoisotopic (exact) mass is 258 g/mol. The van der Waals surface area contributed by atoms with E-state index in [2.05, 4.69) is 17.6 Å². The number of hydrogen-bond acceptors (Lipinski definition) is 3. The van der Waals surface area contributed by atoms with Gasteiger partial charge in [-0.25, -0.2) is 4.79 Å². The molecule has 1 heterocycles. The first-order valence-corrected chi connectivity index (χ1v) is 6.31. The fraction of sp³-hybridized carbons (Fsp3) is 0.267. The lowest BCUT2D eigenvalue weighted by molar-refractivity contribution is 0.0526. The molecule has 0 saturated heterocycles. The van der Waals surface area contributed by atoms with Crippen LogP contribution in [0.1, 0.15) is 22.8 Å². The molecular formula is C15H18N2O2. The molecule has 0 atom stereocenters. The summed E-state index contributed by atoms with van der Waals surface area (Å²) >= 11 is 0. The quantitative estimate of drug-likeness (QED) is 0.839. The van der Waals surface area contributed by atoms with Crippen molar-refractivity contribution in [2.45, 2.75) is 13.5 Å². The number of carbonyl (C=O) groups is 1. The highest BCUT2D eigenvalue weighted by atomic mass is 16.5. The fourth-order valence-corrected chi connectivity index (χ4v) is 1.84. The van der Waals surface area contributed by atoms with E-state index in [9.17, 15) is 4.79 Å². The third-order valence-electron chi connectivity index (χ3n) is 2.76. The van der Waals surface area contributed by atoms with Crippen molar-refractivity contribution in [1.29, 1.82) is 0 Å². The normalized spacial score (nSPS) is 10.2. The van der Waals surface area contributed by atoms with E-state index in [1.165, 1.54) is 5.56 Å². The number of anilines is 1. The van der Waals surface area contributed by atoms with Gasteiger partial charge in [-0.3, -0.25) is 0 Å². The highest BCUT2D eigenvalue weighted by molar-refractivity contribution is 5.90. The number of hydrogen-bond donors (Lipinski definition) is 1. The maximum absolute atomic E-state index is 11.6. The molecule has 0 fully saturated rings. The summed E-state index contributed by atoms with van der Waals surface area (Å²) in [5, 5.41) is 3.29. The molecule has 1 aromatic carbocycles. The summed E-state index contributed by atoms with van der Waals surface area (Å²) in [5.74, 6) is -0.286. The second kappa shape index (κ2) is 6.09. The van der Waals surface area contributed by atoms with Gasteiger partial charge in [0.25, 0.3) is 0 Å².